The Kier molecular flexibility index (Phi) is 3.23. The molecule has 0 aliphatic carbocycles. The SMILES string of the molecule is COC(=O)c1cc(C)c(=O)n(-c2ccccc2)n1. The number of para-hydroxylation sites is 1. The first-order valence-electron chi connectivity index (χ1n) is 5.38. The molecule has 5 nitrogen and oxygen atoms in total. The van der Waals surface area contributed by atoms with Crippen LogP contribution < -0.4 is 5.56 Å². The van der Waals surface area contributed by atoms with Crippen LogP contribution in [0.1, 0.15) is 16.1 Å². The number of ether oxygens (including phenoxy) is 1. The highest BCUT2D eigenvalue weighted by atomic mass is 16.5. The molecule has 0 amide bonds. The summed E-state index contributed by atoms with van der Waals surface area (Å²) in [7, 11) is 1.28. The highest BCUT2D eigenvalue weighted by Crippen LogP contribution is 2.05. The third-order valence-electron chi connectivity index (χ3n) is 2.49. The molecule has 1 heterocycles. The molecule has 0 saturated heterocycles. The van der Waals surface area contributed by atoms with Gasteiger partial charge in [-0.1, -0.05) is 18.2 Å². The number of aromatic nitrogens is 2. The topological polar surface area (TPSA) is 61.2 Å². The van der Waals surface area contributed by atoms with E-state index >= 15 is 0 Å². The summed E-state index contributed by atoms with van der Waals surface area (Å²) in [5, 5.41) is 4.00. The van der Waals surface area contributed by atoms with Gasteiger partial charge >= 0.3 is 5.97 Å². The van der Waals surface area contributed by atoms with E-state index in [1.165, 1.54) is 17.9 Å². The largest absolute Gasteiger partial charge is 0.464 e. The minimum Gasteiger partial charge on any atom is -0.464 e. The number of aryl methyl sites for hydroxylation is 1. The van der Waals surface area contributed by atoms with E-state index < -0.39 is 5.97 Å². The zero-order valence-electron chi connectivity index (χ0n) is 10.1. The van der Waals surface area contributed by atoms with Gasteiger partial charge in [-0.15, -0.1) is 0 Å². The summed E-state index contributed by atoms with van der Waals surface area (Å²) in [6, 6.07) is 10.3. The van der Waals surface area contributed by atoms with E-state index in [1.54, 1.807) is 31.2 Å². The molecular formula is C13H12N2O3. The molecule has 0 aliphatic heterocycles. The van der Waals surface area contributed by atoms with Crippen molar-refractivity contribution in [3.8, 4) is 5.69 Å². The van der Waals surface area contributed by atoms with Crippen LogP contribution in [0.3, 0.4) is 0 Å². The Morgan fingerprint density at radius 2 is 1.94 bits per heavy atom. The van der Waals surface area contributed by atoms with Crippen molar-refractivity contribution in [2.75, 3.05) is 7.11 Å². The summed E-state index contributed by atoms with van der Waals surface area (Å²) in [6.45, 7) is 1.63. The molecule has 2 rings (SSSR count). The van der Waals surface area contributed by atoms with Crippen molar-refractivity contribution in [1.29, 1.82) is 0 Å². The van der Waals surface area contributed by atoms with Gasteiger partial charge in [0.05, 0.1) is 12.8 Å². The molecule has 0 aliphatic rings. The fraction of sp³-hybridized carbons (Fsp3) is 0.154. The summed E-state index contributed by atoms with van der Waals surface area (Å²) >= 11 is 0. The van der Waals surface area contributed by atoms with Crippen molar-refractivity contribution in [3.63, 3.8) is 0 Å². The monoisotopic (exact) mass is 244 g/mol. The van der Waals surface area contributed by atoms with E-state index in [9.17, 15) is 9.59 Å². The molecule has 92 valence electrons. The van der Waals surface area contributed by atoms with E-state index in [0.717, 1.165) is 0 Å². The van der Waals surface area contributed by atoms with Gasteiger partial charge in [0.2, 0.25) is 0 Å². The molecule has 0 bridgehead atoms. The van der Waals surface area contributed by atoms with Crippen molar-refractivity contribution in [1.82, 2.24) is 9.78 Å². The lowest BCUT2D eigenvalue weighted by molar-refractivity contribution is 0.0591. The Bertz CT molecular complexity index is 632. The van der Waals surface area contributed by atoms with Gasteiger partial charge in [-0.25, -0.2) is 4.79 Å². The van der Waals surface area contributed by atoms with Crippen molar-refractivity contribution in [2.24, 2.45) is 0 Å². The maximum absolute atomic E-state index is 12.0. The molecule has 0 spiro atoms. The minimum atomic E-state index is -0.567. The van der Waals surface area contributed by atoms with Crippen molar-refractivity contribution >= 4 is 5.97 Å². The smallest absolute Gasteiger partial charge is 0.358 e. The number of hydrogen-bond acceptors (Lipinski definition) is 4. The zero-order chi connectivity index (χ0) is 13.1. The normalized spacial score (nSPS) is 10.1. The van der Waals surface area contributed by atoms with Gasteiger partial charge in [-0.3, -0.25) is 4.79 Å². The first-order chi connectivity index (χ1) is 8.63. The lowest BCUT2D eigenvalue weighted by atomic mass is 10.2. The van der Waals surface area contributed by atoms with Crippen LogP contribution in [0.2, 0.25) is 0 Å². The summed E-state index contributed by atoms with van der Waals surface area (Å²) < 4.78 is 5.80. The van der Waals surface area contributed by atoms with Crippen LogP contribution in [0.4, 0.5) is 0 Å². The Balaban J connectivity index is 2.64. The fourth-order valence-electron chi connectivity index (χ4n) is 1.56. The Morgan fingerprint density at radius 3 is 2.56 bits per heavy atom. The van der Waals surface area contributed by atoms with Crippen LogP contribution in [-0.2, 0) is 4.74 Å². The molecule has 5 heteroatoms. The maximum Gasteiger partial charge on any atom is 0.358 e. The average molecular weight is 244 g/mol. The predicted octanol–water partition coefficient (Wildman–Crippen LogP) is 1.33. The van der Waals surface area contributed by atoms with Crippen molar-refractivity contribution < 1.29 is 9.53 Å². The number of rotatable bonds is 2. The van der Waals surface area contributed by atoms with E-state index in [0.29, 0.717) is 11.3 Å². The Labute approximate surface area is 104 Å². The molecule has 1 aromatic heterocycles. The Hall–Kier alpha value is -2.43. The number of nitrogens with zero attached hydrogens (tertiary/aromatic N) is 2. The minimum absolute atomic E-state index is 0.110. The second-order valence-corrected chi connectivity index (χ2v) is 3.76. The number of esters is 1. The molecule has 0 fully saturated rings. The van der Waals surface area contributed by atoms with E-state index in [-0.39, 0.29) is 11.3 Å². The number of methoxy groups -OCH3 is 1. The van der Waals surface area contributed by atoms with Crippen LogP contribution in [0.5, 0.6) is 0 Å². The van der Waals surface area contributed by atoms with E-state index in [2.05, 4.69) is 9.84 Å². The van der Waals surface area contributed by atoms with E-state index in [4.69, 9.17) is 0 Å². The Morgan fingerprint density at radius 1 is 1.28 bits per heavy atom. The van der Waals surface area contributed by atoms with Crippen LogP contribution in [0, 0.1) is 6.92 Å². The van der Waals surface area contributed by atoms with Crippen molar-refractivity contribution in [3.05, 3.63) is 58.0 Å². The second kappa shape index (κ2) is 4.83. The number of benzene rings is 1. The highest BCUT2D eigenvalue weighted by Gasteiger charge is 2.12. The first-order valence-corrected chi connectivity index (χ1v) is 5.38. The molecule has 0 N–H and O–H groups in total. The number of carbonyl (C=O) groups is 1. The summed E-state index contributed by atoms with van der Waals surface area (Å²) in [6.07, 6.45) is 0. The lowest BCUT2D eigenvalue weighted by Gasteiger charge is -2.07. The van der Waals surface area contributed by atoms with Gasteiger partial charge in [0.25, 0.3) is 5.56 Å². The average Bonchev–Trinajstić information content (AvgIpc) is 2.41. The lowest BCUT2D eigenvalue weighted by Crippen LogP contribution is -2.26. The molecule has 0 unspecified atom stereocenters. The molecule has 0 atom stereocenters. The quantitative estimate of drug-likeness (QED) is 0.748. The zero-order valence-corrected chi connectivity index (χ0v) is 10.1. The standard InChI is InChI=1S/C13H12N2O3/c1-9-8-11(13(17)18-2)14-15(12(9)16)10-6-4-3-5-7-10/h3-8H,1-2H3. The summed E-state index contributed by atoms with van der Waals surface area (Å²) in [4.78, 5) is 23.4. The van der Waals surface area contributed by atoms with Crippen LogP contribution >= 0.6 is 0 Å². The van der Waals surface area contributed by atoms with Crippen molar-refractivity contribution in [2.45, 2.75) is 6.92 Å². The first kappa shape index (κ1) is 12.0. The van der Waals surface area contributed by atoms with Gasteiger partial charge in [-0.05, 0) is 25.1 Å². The molecule has 0 radical (unpaired) electrons. The van der Waals surface area contributed by atoms with Crippen LogP contribution in [-0.4, -0.2) is 22.9 Å². The van der Waals surface area contributed by atoms with Gasteiger partial charge in [0.15, 0.2) is 5.69 Å². The van der Waals surface area contributed by atoms with Gasteiger partial charge < -0.3 is 4.74 Å². The number of carbonyl (C=O) groups excluding carboxylic acids is 1. The molecule has 2 aromatic rings. The molecule has 0 saturated carbocycles. The van der Waals surface area contributed by atoms with Crippen LogP contribution in [0.25, 0.3) is 5.69 Å². The second-order valence-electron chi connectivity index (χ2n) is 3.76. The third kappa shape index (κ3) is 2.15. The number of hydrogen-bond donors (Lipinski definition) is 0. The fourth-order valence-corrected chi connectivity index (χ4v) is 1.56. The van der Waals surface area contributed by atoms with E-state index in [1.807, 2.05) is 6.07 Å². The van der Waals surface area contributed by atoms with Gasteiger partial charge in [0, 0.05) is 5.56 Å². The predicted molar refractivity (Wildman–Crippen MR) is 65.9 cm³/mol. The molecular weight excluding hydrogens is 232 g/mol. The summed E-state index contributed by atoms with van der Waals surface area (Å²) in [5.41, 5.74) is 0.901. The van der Waals surface area contributed by atoms with Crippen LogP contribution in [0.15, 0.2) is 41.2 Å². The summed E-state index contributed by atoms with van der Waals surface area (Å²) in [5.74, 6) is -0.567. The maximum atomic E-state index is 12.0. The van der Waals surface area contributed by atoms with Gasteiger partial charge in [-0.2, -0.15) is 9.78 Å². The molecule has 18 heavy (non-hydrogen) atoms. The third-order valence-corrected chi connectivity index (χ3v) is 2.49. The molecule has 1 aromatic carbocycles. The highest BCUT2D eigenvalue weighted by molar-refractivity contribution is 5.87. The van der Waals surface area contributed by atoms with Gasteiger partial charge in [0.1, 0.15) is 0 Å².